The first kappa shape index (κ1) is 34.1. The van der Waals surface area contributed by atoms with Gasteiger partial charge in [0.2, 0.25) is 5.96 Å². The number of pyridine rings is 1. The predicted molar refractivity (Wildman–Crippen MR) is 183 cm³/mol. The first-order chi connectivity index (χ1) is 21.3. The van der Waals surface area contributed by atoms with Crippen LogP contribution in [0.3, 0.4) is 0 Å². The highest BCUT2D eigenvalue weighted by atomic mass is 32.2. The Morgan fingerprint density at radius 3 is 2.13 bits per heavy atom. The number of carbonyl (C=O) groups excluding carboxylic acids is 2. The van der Waals surface area contributed by atoms with Crippen LogP contribution in [0.15, 0.2) is 82.9 Å². The lowest BCUT2D eigenvalue weighted by molar-refractivity contribution is 0.0550. The number of rotatable bonds is 6. The molecule has 3 aromatic rings. The highest BCUT2D eigenvalue weighted by molar-refractivity contribution is 7.99. The summed E-state index contributed by atoms with van der Waals surface area (Å²) in [6.45, 7) is 13.9. The van der Waals surface area contributed by atoms with Crippen molar-refractivity contribution in [1.29, 1.82) is 0 Å². The highest BCUT2D eigenvalue weighted by Crippen LogP contribution is 2.40. The van der Waals surface area contributed by atoms with Crippen molar-refractivity contribution in [2.24, 2.45) is 4.99 Å². The van der Waals surface area contributed by atoms with E-state index in [1.807, 2.05) is 23.2 Å². The van der Waals surface area contributed by atoms with E-state index in [1.54, 1.807) is 53.3 Å². The SMILES string of the molecule is Bc1ccc(C(Sc2ncccc2CN2CCN(/C(=N\C(=O)OC(C)(C)C)NC(=O)OC(C)(C)C)CC2)c2ccccc2)cc1. The van der Waals surface area contributed by atoms with Gasteiger partial charge in [0.25, 0.3) is 0 Å². The van der Waals surface area contributed by atoms with Crippen molar-refractivity contribution in [3.8, 4) is 0 Å². The third kappa shape index (κ3) is 10.9. The maximum Gasteiger partial charge on any atom is 0.437 e. The minimum absolute atomic E-state index is 0.0999. The molecular weight excluding hydrogens is 585 g/mol. The van der Waals surface area contributed by atoms with Gasteiger partial charge in [0.15, 0.2) is 0 Å². The average Bonchev–Trinajstić information content (AvgIpc) is 2.96. The van der Waals surface area contributed by atoms with Crippen molar-refractivity contribution >= 4 is 43.2 Å². The van der Waals surface area contributed by atoms with Crippen LogP contribution in [0.25, 0.3) is 0 Å². The smallest absolute Gasteiger partial charge is 0.437 e. The molecule has 11 heteroatoms. The van der Waals surface area contributed by atoms with Gasteiger partial charge in [-0.25, -0.2) is 14.6 Å². The molecule has 1 unspecified atom stereocenters. The van der Waals surface area contributed by atoms with Crippen molar-refractivity contribution in [2.75, 3.05) is 26.2 Å². The molecule has 1 aromatic heterocycles. The molecule has 0 radical (unpaired) electrons. The number of aromatic nitrogens is 1. The summed E-state index contributed by atoms with van der Waals surface area (Å²) >= 11 is 1.76. The number of amides is 2. The van der Waals surface area contributed by atoms with Gasteiger partial charge in [-0.1, -0.05) is 77.9 Å². The van der Waals surface area contributed by atoms with Gasteiger partial charge in [0.1, 0.15) is 24.1 Å². The molecule has 9 nitrogen and oxygen atoms in total. The van der Waals surface area contributed by atoms with Crippen LogP contribution in [-0.4, -0.2) is 78.2 Å². The Balaban J connectivity index is 1.47. The molecule has 238 valence electrons. The summed E-state index contributed by atoms with van der Waals surface area (Å²) in [4.78, 5) is 38.4. The number of piperazine rings is 1. The fourth-order valence-corrected chi connectivity index (χ4v) is 5.98. The summed E-state index contributed by atoms with van der Waals surface area (Å²) in [6.07, 6.45) is 0.406. The summed E-state index contributed by atoms with van der Waals surface area (Å²) in [7, 11) is 2.10. The predicted octanol–water partition coefficient (Wildman–Crippen LogP) is 5.16. The van der Waals surface area contributed by atoms with Crippen LogP contribution in [0.5, 0.6) is 0 Å². The molecule has 0 bridgehead atoms. The number of alkyl carbamates (subject to hydrolysis) is 1. The van der Waals surface area contributed by atoms with E-state index in [9.17, 15) is 9.59 Å². The van der Waals surface area contributed by atoms with E-state index in [-0.39, 0.29) is 11.2 Å². The monoisotopic (exact) mass is 629 g/mol. The van der Waals surface area contributed by atoms with Crippen molar-refractivity contribution in [1.82, 2.24) is 20.1 Å². The quantitative estimate of drug-likeness (QED) is 0.173. The lowest BCUT2D eigenvalue weighted by Gasteiger charge is -2.36. The average molecular weight is 630 g/mol. The minimum atomic E-state index is -0.769. The fourth-order valence-electron chi connectivity index (χ4n) is 4.76. The first-order valence-electron chi connectivity index (χ1n) is 15.3. The number of nitrogens with zero attached hydrogens (tertiary/aromatic N) is 4. The van der Waals surface area contributed by atoms with Crippen molar-refractivity contribution < 1.29 is 19.1 Å². The molecule has 0 saturated carbocycles. The van der Waals surface area contributed by atoms with Gasteiger partial charge in [-0.2, -0.15) is 0 Å². The molecule has 1 atom stereocenters. The molecule has 1 N–H and O–H groups in total. The molecule has 1 fully saturated rings. The lowest BCUT2D eigenvalue weighted by atomic mass is 9.94. The number of ether oxygens (including phenoxy) is 2. The van der Waals surface area contributed by atoms with Crippen molar-refractivity contribution in [3.05, 3.63) is 89.6 Å². The molecule has 1 saturated heterocycles. The Bertz CT molecular complexity index is 1460. The summed E-state index contributed by atoms with van der Waals surface area (Å²) in [5, 5.41) is 3.77. The van der Waals surface area contributed by atoms with Crippen LogP contribution in [0, 0.1) is 0 Å². The summed E-state index contributed by atoms with van der Waals surface area (Å²) in [5.74, 6) is 0.125. The van der Waals surface area contributed by atoms with Gasteiger partial charge in [0, 0.05) is 38.9 Å². The van der Waals surface area contributed by atoms with Crippen LogP contribution in [0.2, 0.25) is 0 Å². The molecule has 0 spiro atoms. The zero-order chi connectivity index (χ0) is 32.6. The standard InChI is InChI=1S/C34H44BN5O4S/c1-33(2,3)43-31(41)37-30(38-32(42)44-34(4,5)6)40-21-19-39(20-22-40)23-26-13-10-18-36-29(26)45-28(24-11-8-7-9-12-24)25-14-16-27(35)17-15-25/h7-18,28H,19-23,35H2,1-6H3,(H,37,38,41,42). The Kier molecular flexibility index (Phi) is 11.3. The number of benzene rings is 2. The van der Waals surface area contributed by atoms with Crippen LogP contribution in [0.1, 0.15) is 63.5 Å². The van der Waals surface area contributed by atoms with Gasteiger partial charge >= 0.3 is 12.2 Å². The maximum absolute atomic E-state index is 12.6. The number of hydrogen-bond donors (Lipinski definition) is 1. The Morgan fingerprint density at radius 1 is 0.889 bits per heavy atom. The normalized spacial score (nSPS) is 15.3. The second-order valence-electron chi connectivity index (χ2n) is 13.1. The van der Waals surface area contributed by atoms with E-state index < -0.39 is 23.4 Å². The second kappa shape index (κ2) is 15.0. The molecule has 4 rings (SSSR count). The number of carbonyl (C=O) groups is 2. The zero-order valence-electron chi connectivity index (χ0n) is 27.4. The first-order valence-corrected chi connectivity index (χ1v) is 16.1. The minimum Gasteiger partial charge on any atom is -0.444 e. The number of aliphatic imine (C=N–C) groups is 1. The Morgan fingerprint density at radius 2 is 1.51 bits per heavy atom. The summed E-state index contributed by atoms with van der Waals surface area (Å²) in [6, 6.07) is 23.4. The molecule has 45 heavy (non-hydrogen) atoms. The third-order valence-electron chi connectivity index (χ3n) is 6.83. The van der Waals surface area contributed by atoms with Crippen LogP contribution in [0.4, 0.5) is 9.59 Å². The van der Waals surface area contributed by atoms with Crippen molar-refractivity contribution in [2.45, 2.75) is 69.6 Å². The molecule has 0 aliphatic carbocycles. The van der Waals surface area contributed by atoms with E-state index in [0.29, 0.717) is 26.2 Å². The van der Waals surface area contributed by atoms with Crippen LogP contribution >= 0.6 is 11.8 Å². The highest BCUT2D eigenvalue weighted by Gasteiger charge is 2.27. The van der Waals surface area contributed by atoms with E-state index in [4.69, 9.17) is 14.5 Å². The van der Waals surface area contributed by atoms with Gasteiger partial charge in [-0.3, -0.25) is 10.2 Å². The number of hydrogen-bond acceptors (Lipinski definition) is 7. The van der Waals surface area contributed by atoms with E-state index >= 15 is 0 Å². The van der Waals surface area contributed by atoms with Crippen LogP contribution in [-0.2, 0) is 16.0 Å². The molecule has 2 heterocycles. The molecule has 1 aliphatic rings. The molecule has 2 aromatic carbocycles. The Hall–Kier alpha value is -3.83. The maximum atomic E-state index is 12.6. The van der Waals surface area contributed by atoms with Gasteiger partial charge in [-0.15, -0.1) is 4.99 Å². The zero-order valence-corrected chi connectivity index (χ0v) is 28.2. The summed E-state index contributed by atoms with van der Waals surface area (Å²) < 4.78 is 10.8. The van der Waals surface area contributed by atoms with E-state index in [2.05, 4.69) is 77.7 Å². The third-order valence-corrected chi connectivity index (χ3v) is 8.20. The van der Waals surface area contributed by atoms with Crippen LogP contribution < -0.4 is 10.8 Å². The summed E-state index contributed by atoms with van der Waals surface area (Å²) in [5.41, 5.74) is 3.43. The van der Waals surface area contributed by atoms with Gasteiger partial charge in [0.05, 0.1) is 5.25 Å². The van der Waals surface area contributed by atoms with Gasteiger partial charge < -0.3 is 14.4 Å². The second-order valence-corrected chi connectivity index (χ2v) is 14.2. The molecular formula is C34H44BN5O4S. The fraction of sp³-hybridized carbons (Fsp3) is 0.412. The lowest BCUT2D eigenvalue weighted by Crippen LogP contribution is -2.54. The number of nitrogens with one attached hydrogen (secondary N) is 1. The number of thioether (sulfide) groups is 1. The van der Waals surface area contributed by atoms with E-state index in [1.165, 1.54) is 16.6 Å². The Labute approximate surface area is 272 Å². The van der Waals surface area contributed by atoms with E-state index in [0.717, 1.165) is 17.1 Å². The molecule has 2 amide bonds. The van der Waals surface area contributed by atoms with Gasteiger partial charge in [-0.05, 0) is 64.3 Å². The van der Waals surface area contributed by atoms with Crippen molar-refractivity contribution in [3.63, 3.8) is 0 Å². The molecule has 1 aliphatic heterocycles. The topological polar surface area (TPSA) is 96.4 Å². The largest absolute Gasteiger partial charge is 0.444 e. The number of guanidine groups is 1.